The van der Waals surface area contributed by atoms with Crippen LogP contribution in [0.1, 0.15) is 37.5 Å². The van der Waals surface area contributed by atoms with E-state index in [9.17, 15) is 22.8 Å². The topological polar surface area (TPSA) is 83.6 Å². The molecule has 36 heavy (non-hydrogen) atoms. The molecule has 0 atom stereocenters. The zero-order valence-corrected chi connectivity index (χ0v) is 20.1. The molecule has 0 aliphatic carbocycles. The van der Waals surface area contributed by atoms with Crippen LogP contribution < -0.4 is 15.4 Å². The van der Waals surface area contributed by atoms with Crippen molar-refractivity contribution in [2.45, 2.75) is 19.1 Å². The molecule has 0 bridgehead atoms. The second-order valence-electron chi connectivity index (χ2n) is 8.37. The van der Waals surface area contributed by atoms with Crippen LogP contribution in [0.2, 0.25) is 0 Å². The lowest BCUT2D eigenvalue weighted by Gasteiger charge is -2.15. The van der Waals surface area contributed by atoms with Crippen molar-refractivity contribution >= 4 is 11.8 Å². The van der Waals surface area contributed by atoms with Crippen molar-refractivity contribution in [1.29, 1.82) is 0 Å². The van der Waals surface area contributed by atoms with E-state index in [0.717, 1.165) is 17.7 Å². The molecular formula is C26H27F3N4O3. The monoisotopic (exact) mass is 500 g/mol. The number of hydrogen-bond acceptors (Lipinski definition) is 5. The van der Waals surface area contributed by atoms with Crippen LogP contribution in [-0.2, 0) is 19.1 Å². The van der Waals surface area contributed by atoms with Gasteiger partial charge in [0.2, 0.25) is 0 Å². The Balaban J connectivity index is 1.64. The van der Waals surface area contributed by atoms with Gasteiger partial charge in [0, 0.05) is 38.0 Å². The molecule has 0 fully saturated rings. The van der Waals surface area contributed by atoms with Gasteiger partial charge in [0.15, 0.2) is 0 Å². The summed E-state index contributed by atoms with van der Waals surface area (Å²) in [5.74, 6) is 0.0535. The highest BCUT2D eigenvalue weighted by atomic mass is 19.4. The van der Waals surface area contributed by atoms with E-state index in [1.54, 1.807) is 43.3 Å². The van der Waals surface area contributed by atoms with E-state index in [0.29, 0.717) is 23.5 Å². The fourth-order valence-corrected chi connectivity index (χ4v) is 3.49. The number of benzene rings is 2. The first kappa shape index (κ1) is 26.7. The number of alkyl halides is 3. The van der Waals surface area contributed by atoms with Gasteiger partial charge in [-0.3, -0.25) is 14.6 Å². The first-order chi connectivity index (χ1) is 17.0. The summed E-state index contributed by atoms with van der Waals surface area (Å²) in [5.41, 5.74) is 0.583. The molecular weight excluding hydrogens is 473 g/mol. The van der Waals surface area contributed by atoms with Crippen molar-refractivity contribution in [3.05, 3.63) is 88.7 Å². The molecule has 0 saturated carbocycles. The van der Waals surface area contributed by atoms with E-state index in [1.165, 1.54) is 25.4 Å². The van der Waals surface area contributed by atoms with Gasteiger partial charge in [-0.2, -0.15) is 13.2 Å². The predicted octanol–water partition coefficient (Wildman–Crippen LogP) is 4.29. The first-order valence-corrected chi connectivity index (χ1v) is 11.1. The maximum Gasteiger partial charge on any atom is 0.416 e. The van der Waals surface area contributed by atoms with Gasteiger partial charge in [-0.05, 0) is 68.0 Å². The highest BCUT2D eigenvalue weighted by Gasteiger charge is 2.31. The predicted molar refractivity (Wildman–Crippen MR) is 129 cm³/mol. The van der Waals surface area contributed by atoms with Crippen LogP contribution in [0.3, 0.4) is 0 Å². The largest absolute Gasteiger partial charge is 0.457 e. The highest BCUT2D eigenvalue weighted by Crippen LogP contribution is 2.31. The molecule has 7 nitrogen and oxygen atoms in total. The lowest BCUT2D eigenvalue weighted by atomic mass is 10.0. The molecule has 1 aromatic heterocycles. The number of ether oxygens (including phenoxy) is 1. The summed E-state index contributed by atoms with van der Waals surface area (Å²) in [6.07, 6.45) is -2.64. The summed E-state index contributed by atoms with van der Waals surface area (Å²) in [5, 5.41) is 5.19. The van der Waals surface area contributed by atoms with Crippen LogP contribution in [0, 0.1) is 0 Å². The molecule has 2 aromatic carbocycles. The number of carbonyl (C=O) groups is 2. The molecule has 1 heterocycles. The molecule has 0 unspecified atom stereocenters. The van der Waals surface area contributed by atoms with Crippen molar-refractivity contribution in [2.75, 3.05) is 27.7 Å². The molecule has 0 aliphatic rings. The standard InChI is InChI=1S/C26H27F3N4O3/c1-30-25(35)23-15-22(8-10-31-23)36-21-6-4-5-17(13-21)7-9-32-24(34)19-11-18(16-33(2)3)12-20(14-19)26(27,28)29/h4-6,8,10-15H,7,9,16H2,1-3H3,(H,30,35)(H,32,34). The number of nitrogens with zero attached hydrogens (tertiary/aromatic N) is 2. The van der Waals surface area contributed by atoms with E-state index in [4.69, 9.17) is 4.74 Å². The zero-order chi connectivity index (χ0) is 26.3. The molecule has 2 N–H and O–H groups in total. The van der Waals surface area contributed by atoms with Gasteiger partial charge in [-0.25, -0.2) is 0 Å². The lowest BCUT2D eigenvalue weighted by molar-refractivity contribution is -0.137. The average Bonchev–Trinajstić information content (AvgIpc) is 2.82. The van der Waals surface area contributed by atoms with E-state index in [-0.39, 0.29) is 30.3 Å². The van der Waals surface area contributed by atoms with Gasteiger partial charge >= 0.3 is 6.18 Å². The normalized spacial score (nSPS) is 11.3. The Morgan fingerprint density at radius 1 is 0.972 bits per heavy atom. The molecule has 0 radical (unpaired) electrons. The summed E-state index contributed by atoms with van der Waals surface area (Å²) >= 11 is 0. The van der Waals surface area contributed by atoms with Crippen LogP contribution in [0.15, 0.2) is 60.8 Å². The fourth-order valence-electron chi connectivity index (χ4n) is 3.49. The number of halogens is 3. The van der Waals surface area contributed by atoms with Crippen molar-refractivity contribution in [3.63, 3.8) is 0 Å². The number of nitrogens with one attached hydrogen (secondary N) is 2. The SMILES string of the molecule is CNC(=O)c1cc(Oc2cccc(CCNC(=O)c3cc(CN(C)C)cc(C(F)(F)F)c3)c2)ccn1. The molecule has 3 rings (SSSR count). The number of hydrogen-bond donors (Lipinski definition) is 2. The first-order valence-electron chi connectivity index (χ1n) is 11.1. The van der Waals surface area contributed by atoms with E-state index >= 15 is 0 Å². The second-order valence-corrected chi connectivity index (χ2v) is 8.37. The molecule has 3 aromatic rings. The Hall–Kier alpha value is -3.92. The van der Waals surface area contributed by atoms with Gasteiger partial charge < -0.3 is 20.3 Å². The zero-order valence-electron chi connectivity index (χ0n) is 20.1. The van der Waals surface area contributed by atoms with Crippen LogP contribution in [0.4, 0.5) is 13.2 Å². The maximum atomic E-state index is 13.3. The number of aromatic nitrogens is 1. The van der Waals surface area contributed by atoms with Gasteiger partial charge in [-0.15, -0.1) is 0 Å². The number of rotatable bonds is 9. The molecule has 10 heteroatoms. The van der Waals surface area contributed by atoms with E-state index in [2.05, 4.69) is 15.6 Å². The minimum absolute atomic E-state index is 0.0385. The van der Waals surface area contributed by atoms with Crippen LogP contribution in [0.25, 0.3) is 0 Å². The average molecular weight is 501 g/mol. The fraction of sp³-hybridized carbons (Fsp3) is 0.269. The summed E-state index contributed by atoms with van der Waals surface area (Å²) in [7, 11) is 5.00. The van der Waals surface area contributed by atoms with Gasteiger partial charge in [-0.1, -0.05) is 12.1 Å². The number of pyridine rings is 1. The van der Waals surface area contributed by atoms with Crippen molar-refractivity contribution < 1.29 is 27.5 Å². The third kappa shape index (κ3) is 7.54. The molecule has 0 saturated heterocycles. The van der Waals surface area contributed by atoms with E-state index in [1.807, 2.05) is 6.07 Å². The van der Waals surface area contributed by atoms with Crippen LogP contribution in [-0.4, -0.2) is 49.4 Å². The second kappa shape index (κ2) is 11.7. The molecule has 190 valence electrons. The van der Waals surface area contributed by atoms with Gasteiger partial charge in [0.25, 0.3) is 11.8 Å². The Morgan fingerprint density at radius 2 is 1.72 bits per heavy atom. The van der Waals surface area contributed by atoms with Crippen molar-refractivity contribution in [3.8, 4) is 11.5 Å². The quantitative estimate of drug-likeness (QED) is 0.458. The maximum absolute atomic E-state index is 13.3. The van der Waals surface area contributed by atoms with Crippen molar-refractivity contribution in [1.82, 2.24) is 20.5 Å². The highest BCUT2D eigenvalue weighted by molar-refractivity contribution is 5.94. The third-order valence-electron chi connectivity index (χ3n) is 5.11. The lowest BCUT2D eigenvalue weighted by Crippen LogP contribution is -2.26. The molecule has 0 spiro atoms. The molecule has 0 aliphatic heterocycles. The minimum atomic E-state index is -4.55. The van der Waals surface area contributed by atoms with Crippen molar-refractivity contribution in [2.24, 2.45) is 0 Å². The Bertz CT molecular complexity index is 1230. The number of carbonyl (C=O) groups excluding carboxylic acids is 2. The Morgan fingerprint density at radius 3 is 2.42 bits per heavy atom. The third-order valence-corrected chi connectivity index (χ3v) is 5.11. The summed E-state index contributed by atoms with van der Waals surface area (Å²) in [6.45, 7) is 0.497. The van der Waals surface area contributed by atoms with Crippen LogP contribution in [0.5, 0.6) is 11.5 Å². The smallest absolute Gasteiger partial charge is 0.416 e. The minimum Gasteiger partial charge on any atom is -0.457 e. The van der Waals surface area contributed by atoms with Gasteiger partial charge in [0.1, 0.15) is 17.2 Å². The Kier molecular flexibility index (Phi) is 8.65. The summed E-state index contributed by atoms with van der Waals surface area (Å²) in [6, 6.07) is 13.7. The molecule has 2 amide bonds. The van der Waals surface area contributed by atoms with E-state index < -0.39 is 17.6 Å². The Labute approximate surface area is 207 Å². The summed E-state index contributed by atoms with van der Waals surface area (Å²) < 4.78 is 45.8. The number of amides is 2. The summed E-state index contributed by atoms with van der Waals surface area (Å²) in [4.78, 5) is 30.1. The van der Waals surface area contributed by atoms with Gasteiger partial charge in [0.05, 0.1) is 5.56 Å². The van der Waals surface area contributed by atoms with Crippen LogP contribution >= 0.6 is 0 Å².